The zero-order chi connectivity index (χ0) is 14.3. The molecule has 0 bridgehead atoms. The first-order chi connectivity index (χ1) is 9.03. The molecule has 0 aromatic heterocycles. The van der Waals surface area contributed by atoms with Crippen LogP contribution in [0.1, 0.15) is 58.8 Å². The number of carbonyl (C=O) groups excluding carboxylic acids is 1. The fourth-order valence-corrected chi connectivity index (χ4v) is 2.36. The fraction of sp³-hybridized carbons (Fsp3) is 0.857. The molecule has 0 aromatic carbocycles. The molecule has 0 saturated heterocycles. The first-order valence-corrected chi connectivity index (χ1v) is 7.30. The minimum Gasteiger partial charge on any atom is -0.480 e. The minimum absolute atomic E-state index is 0.286. The predicted molar refractivity (Wildman–Crippen MR) is 74.1 cm³/mol. The standard InChI is InChI=1S/C14H26N2O3/c1-3-5-6-11(12(17)18)16-13(19)15-10-14(7-4-2)8-9-14/h11H,3-10H2,1-2H3,(H,17,18)(H2,15,16,19)/t11-/m0/s1. The van der Waals surface area contributed by atoms with Gasteiger partial charge in [-0.05, 0) is 31.1 Å². The summed E-state index contributed by atoms with van der Waals surface area (Å²) >= 11 is 0. The number of carboxylic acids is 1. The smallest absolute Gasteiger partial charge is 0.326 e. The van der Waals surface area contributed by atoms with E-state index in [9.17, 15) is 9.59 Å². The molecule has 5 nitrogen and oxygen atoms in total. The Morgan fingerprint density at radius 1 is 1.26 bits per heavy atom. The van der Waals surface area contributed by atoms with Crippen LogP contribution in [0.4, 0.5) is 4.79 Å². The van der Waals surface area contributed by atoms with Crippen LogP contribution in [0.5, 0.6) is 0 Å². The van der Waals surface area contributed by atoms with Crippen LogP contribution < -0.4 is 10.6 Å². The van der Waals surface area contributed by atoms with E-state index in [0.29, 0.717) is 13.0 Å². The van der Waals surface area contributed by atoms with Gasteiger partial charge in [-0.15, -0.1) is 0 Å². The number of carboxylic acid groups (broad SMARTS) is 1. The van der Waals surface area contributed by atoms with E-state index in [2.05, 4.69) is 17.6 Å². The average Bonchev–Trinajstić information content (AvgIpc) is 3.12. The largest absolute Gasteiger partial charge is 0.480 e. The van der Waals surface area contributed by atoms with Crippen molar-refractivity contribution in [1.29, 1.82) is 0 Å². The summed E-state index contributed by atoms with van der Waals surface area (Å²) in [5.41, 5.74) is 0.286. The van der Waals surface area contributed by atoms with Gasteiger partial charge in [0.2, 0.25) is 0 Å². The topological polar surface area (TPSA) is 78.4 Å². The summed E-state index contributed by atoms with van der Waals surface area (Å²) < 4.78 is 0. The molecular weight excluding hydrogens is 244 g/mol. The molecule has 0 aliphatic heterocycles. The number of unbranched alkanes of at least 4 members (excludes halogenated alkanes) is 1. The first-order valence-electron chi connectivity index (χ1n) is 7.30. The summed E-state index contributed by atoms with van der Waals surface area (Å²) in [7, 11) is 0. The lowest BCUT2D eigenvalue weighted by Gasteiger charge is -2.18. The van der Waals surface area contributed by atoms with Gasteiger partial charge in [0.1, 0.15) is 6.04 Å². The Morgan fingerprint density at radius 3 is 2.42 bits per heavy atom. The quantitative estimate of drug-likeness (QED) is 0.602. The van der Waals surface area contributed by atoms with Crippen LogP contribution in [0.2, 0.25) is 0 Å². The van der Waals surface area contributed by atoms with Crippen LogP contribution in [0, 0.1) is 5.41 Å². The number of urea groups is 1. The Labute approximate surface area is 115 Å². The van der Waals surface area contributed by atoms with Crippen LogP contribution in [-0.2, 0) is 4.79 Å². The first kappa shape index (κ1) is 15.8. The SMILES string of the molecule is CCCC[C@H](NC(=O)NCC1(CCC)CC1)C(=O)O. The number of aliphatic carboxylic acids is 1. The second-order valence-electron chi connectivity index (χ2n) is 5.61. The zero-order valence-corrected chi connectivity index (χ0v) is 12.0. The molecule has 0 aromatic rings. The number of hydrogen-bond acceptors (Lipinski definition) is 2. The van der Waals surface area contributed by atoms with E-state index in [0.717, 1.165) is 25.7 Å². The van der Waals surface area contributed by atoms with Crippen molar-refractivity contribution in [3.8, 4) is 0 Å². The Balaban J connectivity index is 2.30. The zero-order valence-electron chi connectivity index (χ0n) is 12.0. The molecule has 1 saturated carbocycles. The molecule has 1 atom stereocenters. The fourth-order valence-electron chi connectivity index (χ4n) is 2.36. The van der Waals surface area contributed by atoms with Crippen molar-refractivity contribution >= 4 is 12.0 Å². The second kappa shape index (κ2) is 7.36. The van der Waals surface area contributed by atoms with E-state index in [1.54, 1.807) is 0 Å². The van der Waals surface area contributed by atoms with Gasteiger partial charge in [0.15, 0.2) is 0 Å². The van der Waals surface area contributed by atoms with Crippen LogP contribution in [0.3, 0.4) is 0 Å². The Bertz CT molecular complexity index is 314. The predicted octanol–water partition coefficient (Wildman–Crippen LogP) is 2.51. The summed E-state index contributed by atoms with van der Waals surface area (Å²) in [6, 6.07) is -1.13. The molecule has 19 heavy (non-hydrogen) atoms. The molecule has 3 N–H and O–H groups in total. The van der Waals surface area contributed by atoms with E-state index in [-0.39, 0.29) is 11.4 Å². The number of amides is 2. The third-order valence-corrected chi connectivity index (χ3v) is 3.81. The van der Waals surface area contributed by atoms with Gasteiger partial charge >= 0.3 is 12.0 Å². The lowest BCUT2D eigenvalue weighted by molar-refractivity contribution is -0.139. The van der Waals surface area contributed by atoms with Gasteiger partial charge in [-0.3, -0.25) is 0 Å². The van der Waals surface area contributed by atoms with E-state index in [4.69, 9.17) is 5.11 Å². The molecule has 5 heteroatoms. The number of hydrogen-bond donors (Lipinski definition) is 3. The number of rotatable bonds is 9. The molecule has 1 aliphatic carbocycles. The maximum Gasteiger partial charge on any atom is 0.326 e. The average molecular weight is 270 g/mol. The van der Waals surface area contributed by atoms with Gasteiger partial charge < -0.3 is 15.7 Å². The van der Waals surface area contributed by atoms with Crippen molar-refractivity contribution < 1.29 is 14.7 Å². The Hall–Kier alpha value is -1.26. The molecule has 0 radical (unpaired) electrons. The van der Waals surface area contributed by atoms with E-state index >= 15 is 0 Å². The van der Waals surface area contributed by atoms with Crippen molar-refractivity contribution in [2.24, 2.45) is 5.41 Å². The molecule has 1 aliphatic rings. The van der Waals surface area contributed by atoms with Gasteiger partial charge in [0.05, 0.1) is 0 Å². The molecule has 0 unspecified atom stereocenters. The van der Waals surface area contributed by atoms with Gasteiger partial charge in [0.25, 0.3) is 0 Å². The molecule has 2 amide bonds. The third-order valence-electron chi connectivity index (χ3n) is 3.81. The van der Waals surface area contributed by atoms with Crippen LogP contribution in [0.25, 0.3) is 0 Å². The van der Waals surface area contributed by atoms with Crippen molar-refractivity contribution in [2.75, 3.05) is 6.54 Å². The van der Waals surface area contributed by atoms with Crippen LogP contribution in [-0.4, -0.2) is 29.7 Å². The molecule has 110 valence electrons. The van der Waals surface area contributed by atoms with Gasteiger partial charge in [-0.1, -0.05) is 33.1 Å². The van der Waals surface area contributed by atoms with E-state index in [1.807, 2.05) is 6.92 Å². The van der Waals surface area contributed by atoms with Gasteiger partial charge in [-0.2, -0.15) is 0 Å². The molecule has 0 heterocycles. The highest BCUT2D eigenvalue weighted by Gasteiger charge is 2.41. The van der Waals surface area contributed by atoms with E-state index < -0.39 is 12.0 Å². The van der Waals surface area contributed by atoms with E-state index in [1.165, 1.54) is 12.8 Å². The maximum absolute atomic E-state index is 11.7. The number of carbonyl (C=O) groups is 2. The summed E-state index contributed by atoms with van der Waals surface area (Å²) in [6.45, 7) is 4.80. The summed E-state index contributed by atoms with van der Waals surface area (Å²) in [5.74, 6) is -0.960. The maximum atomic E-state index is 11.7. The monoisotopic (exact) mass is 270 g/mol. The van der Waals surface area contributed by atoms with Gasteiger partial charge in [-0.25, -0.2) is 9.59 Å². The molecule has 1 fully saturated rings. The summed E-state index contributed by atoms with van der Waals surface area (Å²) in [5, 5.41) is 14.4. The highest BCUT2D eigenvalue weighted by Crippen LogP contribution is 2.48. The van der Waals surface area contributed by atoms with Crippen molar-refractivity contribution in [3.05, 3.63) is 0 Å². The minimum atomic E-state index is -0.960. The highest BCUT2D eigenvalue weighted by atomic mass is 16.4. The van der Waals surface area contributed by atoms with Crippen LogP contribution in [0.15, 0.2) is 0 Å². The Morgan fingerprint density at radius 2 is 1.95 bits per heavy atom. The van der Waals surface area contributed by atoms with Crippen molar-refractivity contribution in [1.82, 2.24) is 10.6 Å². The Kier molecular flexibility index (Phi) is 6.12. The summed E-state index contributed by atoms with van der Waals surface area (Å²) in [4.78, 5) is 22.7. The lowest BCUT2D eigenvalue weighted by Crippen LogP contribution is -2.47. The number of nitrogens with one attached hydrogen (secondary N) is 2. The second-order valence-corrected chi connectivity index (χ2v) is 5.61. The molecule has 0 spiro atoms. The molecular formula is C14H26N2O3. The van der Waals surface area contributed by atoms with Gasteiger partial charge in [0, 0.05) is 6.54 Å². The third kappa shape index (κ3) is 5.49. The molecule has 1 rings (SSSR count). The van der Waals surface area contributed by atoms with Crippen LogP contribution >= 0.6 is 0 Å². The summed E-state index contributed by atoms with van der Waals surface area (Å²) in [6.07, 6.45) is 6.80. The lowest BCUT2D eigenvalue weighted by atomic mass is 10.0. The highest BCUT2D eigenvalue weighted by molar-refractivity contribution is 5.82. The van der Waals surface area contributed by atoms with Crippen molar-refractivity contribution in [3.63, 3.8) is 0 Å². The normalized spacial score (nSPS) is 17.6. The van der Waals surface area contributed by atoms with Crippen molar-refractivity contribution in [2.45, 2.75) is 64.8 Å².